The summed E-state index contributed by atoms with van der Waals surface area (Å²) in [6, 6.07) is 15.5. The fraction of sp³-hybridized carbons (Fsp3) is 0.500. The van der Waals surface area contributed by atoms with Crippen molar-refractivity contribution in [2.24, 2.45) is 0 Å². The molecule has 1 aliphatic heterocycles. The number of ether oxygens (including phenoxy) is 2. The van der Waals surface area contributed by atoms with Gasteiger partial charge in [0.25, 0.3) is 0 Å². The number of fused-ring (bicyclic) bond motifs is 1. The normalized spacial score (nSPS) is 22.0. The van der Waals surface area contributed by atoms with E-state index < -0.39 is 5.79 Å². The molecule has 0 unspecified atom stereocenters. The molecule has 2 nitrogen and oxygen atoms in total. The first kappa shape index (κ1) is 21.3. The van der Waals surface area contributed by atoms with Gasteiger partial charge in [0.1, 0.15) is 0 Å². The molecule has 2 heteroatoms. The second kappa shape index (κ2) is 7.98. The summed E-state index contributed by atoms with van der Waals surface area (Å²) in [5, 5.41) is 0. The number of benzene rings is 2. The van der Waals surface area contributed by atoms with Crippen LogP contribution in [0.4, 0.5) is 0 Å². The van der Waals surface area contributed by atoms with E-state index in [0.29, 0.717) is 6.42 Å². The summed E-state index contributed by atoms with van der Waals surface area (Å²) in [5.41, 5.74) is 7.10. The Labute approximate surface area is 182 Å². The van der Waals surface area contributed by atoms with Gasteiger partial charge in [-0.05, 0) is 53.7 Å². The minimum atomic E-state index is -0.669. The molecule has 1 fully saturated rings. The Morgan fingerprint density at radius 3 is 2.13 bits per heavy atom. The molecule has 2 aromatic rings. The van der Waals surface area contributed by atoms with Crippen molar-refractivity contribution >= 4 is 6.08 Å². The largest absolute Gasteiger partial charge is 0.345 e. The number of hydrogen-bond donors (Lipinski definition) is 0. The Morgan fingerprint density at radius 1 is 0.833 bits per heavy atom. The van der Waals surface area contributed by atoms with Gasteiger partial charge in [-0.25, -0.2) is 0 Å². The van der Waals surface area contributed by atoms with Gasteiger partial charge >= 0.3 is 0 Å². The second-order valence-corrected chi connectivity index (χ2v) is 10.3. The maximum atomic E-state index is 6.21. The Bertz CT molecular complexity index is 912. The van der Waals surface area contributed by atoms with E-state index in [1.165, 1.54) is 35.1 Å². The molecule has 0 amide bonds. The zero-order valence-electron chi connectivity index (χ0n) is 19.3. The Hall–Kier alpha value is -1.90. The van der Waals surface area contributed by atoms with E-state index in [2.05, 4.69) is 89.2 Å². The number of rotatable bonds is 4. The molecular formula is C28H36O2. The van der Waals surface area contributed by atoms with Gasteiger partial charge in [-0.15, -0.1) is 0 Å². The van der Waals surface area contributed by atoms with Gasteiger partial charge in [-0.2, -0.15) is 0 Å². The Balaban J connectivity index is 1.59. The highest BCUT2D eigenvalue weighted by molar-refractivity contribution is 5.55. The standard InChI is InChI=1S/C28H36O2/c1-21-9-12-23(13-10-21)28(29-18-7-19-30-28)15-6-8-22-11-14-24-25(20-22)27(4,5)17-16-26(24,2)3/h6,8-14,20H,7,15-19H2,1-5H3. The molecule has 0 N–H and O–H groups in total. The monoisotopic (exact) mass is 404 g/mol. The van der Waals surface area contributed by atoms with Crippen LogP contribution in [-0.2, 0) is 26.1 Å². The zero-order valence-corrected chi connectivity index (χ0v) is 19.3. The topological polar surface area (TPSA) is 18.5 Å². The molecule has 0 atom stereocenters. The molecule has 1 saturated heterocycles. The molecule has 1 heterocycles. The van der Waals surface area contributed by atoms with Crippen LogP contribution in [0, 0.1) is 6.92 Å². The lowest BCUT2D eigenvalue weighted by Crippen LogP contribution is -2.37. The molecule has 1 aliphatic carbocycles. The molecule has 0 aromatic heterocycles. The van der Waals surface area contributed by atoms with Crippen LogP contribution in [0.1, 0.15) is 81.2 Å². The average molecular weight is 405 g/mol. The van der Waals surface area contributed by atoms with Gasteiger partial charge in [0.05, 0.1) is 13.2 Å². The van der Waals surface area contributed by atoms with E-state index in [-0.39, 0.29) is 10.8 Å². The lowest BCUT2D eigenvalue weighted by atomic mass is 9.63. The molecule has 0 spiro atoms. The Morgan fingerprint density at radius 2 is 1.47 bits per heavy atom. The minimum Gasteiger partial charge on any atom is -0.345 e. The summed E-state index contributed by atoms with van der Waals surface area (Å²) in [6.45, 7) is 13.1. The second-order valence-electron chi connectivity index (χ2n) is 10.3. The lowest BCUT2D eigenvalue weighted by molar-refractivity contribution is -0.274. The first-order valence-electron chi connectivity index (χ1n) is 11.4. The third-order valence-corrected chi connectivity index (χ3v) is 7.02. The predicted molar refractivity (Wildman–Crippen MR) is 125 cm³/mol. The number of aryl methyl sites for hydroxylation is 1. The van der Waals surface area contributed by atoms with E-state index in [0.717, 1.165) is 25.2 Å². The summed E-state index contributed by atoms with van der Waals surface area (Å²) < 4.78 is 12.4. The molecule has 160 valence electrons. The van der Waals surface area contributed by atoms with Crippen LogP contribution in [-0.4, -0.2) is 13.2 Å². The molecule has 2 aromatic carbocycles. The van der Waals surface area contributed by atoms with Gasteiger partial charge in [0, 0.05) is 12.0 Å². The van der Waals surface area contributed by atoms with Crippen molar-refractivity contribution in [1.82, 2.24) is 0 Å². The highest BCUT2D eigenvalue weighted by Crippen LogP contribution is 2.46. The van der Waals surface area contributed by atoms with E-state index in [4.69, 9.17) is 9.47 Å². The summed E-state index contributed by atoms with van der Waals surface area (Å²) in [7, 11) is 0. The van der Waals surface area contributed by atoms with Crippen molar-refractivity contribution in [2.75, 3.05) is 13.2 Å². The maximum absolute atomic E-state index is 6.21. The first-order valence-corrected chi connectivity index (χ1v) is 11.4. The summed E-state index contributed by atoms with van der Waals surface area (Å²) in [6.07, 6.45) is 8.59. The lowest BCUT2D eigenvalue weighted by Gasteiger charge is -2.42. The van der Waals surface area contributed by atoms with Crippen molar-refractivity contribution in [3.8, 4) is 0 Å². The summed E-state index contributed by atoms with van der Waals surface area (Å²) >= 11 is 0. The highest BCUT2D eigenvalue weighted by atomic mass is 16.7. The maximum Gasteiger partial charge on any atom is 0.198 e. The molecular weight excluding hydrogens is 368 g/mol. The molecule has 4 rings (SSSR count). The smallest absolute Gasteiger partial charge is 0.198 e. The first-order chi connectivity index (χ1) is 14.2. The van der Waals surface area contributed by atoms with Gasteiger partial charge in [0.15, 0.2) is 5.79 Å². The van der Waals surface area contributed by atoms with Gasteiger partial charge in [0.2, 0.25) is 0 Å². The van der Waals surface area contributed by atoms with Crippen molar-refractivity contribution < 1.29 is 9.47 Å². The quantitative estimate of drug-likeness (QED) is 0.544. The predicted octanol–water partition coefficient (Wildman–Crippen LogP) is 7.04. The third-order valence-electron chi connectivity index (χ3n) is 7.02. The third kappa shape index (κ3) is 4.13. The van der Waals surface area contributed by atoms with Gasteiger partial charge < -0.3 is 9.47 Å². The van der Waals surface area contributed by atoms with Gasteiger partial charge in [-0.1, -0.05) is 87.9 Å². The SMILES string of the molecule is Cc1ccc(C2(CC=Cc3ccc4c(c3)C(C)(C)CCC4(C)C)OCCCO2)cc1. The van der Waals surface area contributed by atoms with Crippen LogP contribution >= 0.6 is 0 Å². The fourth-order valence-electron chi connectivity index (χ4n) is 4.84. The molecule has 0 saturated carbocycles. The highest BCUT2D eigenvalue weighted by Gasteiger charge is 2.37. The Kier molecular flexibility index (Phi) is 5.67. The summed E-state index contributed by atoms with van der Waals surface area (Å²) in [5.74, 6) is -0.669. The minimum absolute atomic E-state index is 0.230. The van der Waals surface area contributed by atoms with E-state index in [9.17, 15) is 0 Å². The summed E-state index contributed by atoms with van der Waals surface area (Å²) in [4.78, 5) is 0. The van der Waals surface area contributed by atoms with E-state index in [1.807, 2.05) is 0 Å². The van der Waals surface area contributed by atoms with Gasteiger partial charge in [-0.3, -0.25) is 0 Å². The van der Waals surface area contributed by atoms with E-state index >= 15 is 0 Å². The molecule has 2 aliphatic rings. The molecule has 0 bridgehead atoms. The van der Waals surface area contributed by atoms with Crippen molar-refractivity contribution in [3.63, 3.8) is 0 Å². The molecule has 30 heavy (non-hydrogen) atoms. The van der Waals surface area contributed by atoms with Crippen molar-refractivity contribution in [2.45, 2.75) is 76.9 Å². The van der Waals surface area contributed by atoms with Crippen molar-refractivity contribution in [1.29, 1.82) is 0 Å². The zero-order chi connectivity index (χ0) is 21.4. The molecule has 0 radical (unpaired) electrons. The van der Waals surface area contributed by atoms with E-state index in [1.54, 1.807) is 0 Å². The van der Waals surface area contributed by atoms with Crippen LogP contribution in [0.3, 0.4) is 0 Å². The van der Waals surface area contributed by atoms with Crippen molar-refractivity contribution in [3.05, 3.63) is 76.4 Å². The van der Waals surface area contributed by atoms with Crippen LogP contribution in [0.25, 0.3) is 6.08 Å². The van der Waals surface area contributed by atoms with Crippen LogP contribution < -0.4 is 0 Å². The van der Waals surface area contributed by atoms with Crippen LogP contribution in [0.5, 0.6) is 0 Å². The van der Waals surface area contributed by atoms with Crippen LogP contribution in [0.15, 0.2) is 48.5 Å². The van der Waals surface area contributed by atoms with Crippen LogP contribution in [0.2, 0.25) is 0 Å². The fourth-order valence-corrected chi connectivity index (χ4v) is 4.84. The average Bonchev–Trinajstić information content (AvgIpc) is 2.73. The number of hydrogen-bond acceptors (Lipinski definition) is 2.